The number of amides is 1. The van der Waals surface area contributed by atoms with E-state index in [0.717, 1.165) is 64.5 Å². The molecule has 2 aliphatic heterocycles. The molecule has 11 nitrogen and oxygen atoms in total. The molecule has 2 aliphatic rings. The number of nitrogens with zero attached hydrogens (tertiary/aromatic N) is 6. The highest BCUT2D eigenvalue weighted by atomic mass is 16.5. The second kappa shape index (κ2) is 12.0. The second-order valence-electron chi connectivity index (χ2n) is 8.13. The van der Waals surface area contributed by atoms with Crippen molar-refractivity contribution in [2.75, 3.05) is 67.1 Å². The van der Waals surface area contributed by atoms with Gasteiger partial charge in [0.1, 0.15) is 19.0 Å². The van der Waals surface area contributed by atoms with E-state index < -0.39 is 0 Å². The van der Waals surface area contributed by atoms with E-state index in [9.17, 15) is 4.79 Å². The van der Waals surface area contributed by atoms with Crippen LogP contribution in [0.15, 0.2) is 4.99 Å². The van der Waals surface area contributed by atoms with E-state index in [4.69, 9.17) is 9.47 Å². The third-order valence-electron chi connectivity index (χ3n) is 5.43. The van der Waals surface area contributed by atoms with Crippen molar-refractivity contribution < 1.29 is 14.3 Å². The lowest BCUT2D eigenvalue weighted by molar-refractivity contribution is -0.127. The summed E-state index contributed by atoms with van der Waals surface area (Å²) in [4.78, 5) is 25.0. The summed E-state index contributed by atoms with van der Waals surface area (Å²) in [5.74, 6) is 2.35. The SMILES string of the molecule is COCc1nc2n(n1)CC(NC(=NCC(=O)N(C)C)NCCCN1CCOCC1)CC2. The highest BCUT2D eigenvalue weighted by Crippen LogP contribution is 2.13. The zero-order valence-electron chi connectivity index (χ0n) is 19.0. The number of aromatic nitrogens is 3. The Morgan fingerprint density at radius 3 is 2.90 bits per heavy atom. The Morgan fingerprint density at radius 2 is 2.16 bits per heavy atom. The van der Waals surface area contributed by atoms with Crippen molar-refractivity contribution in [3.63, 3.8) is 0 Å². The lowest BCUT2D eigenvalue weighted by atomic mass is 10.1. The monoisotopic (exact) mass is 436 g/mol. The van der Waals surface area contributed by atoms with Gasteiger partial charge in [-0.1, -0.05) is 0 Å². The molecule has 1 amide bonds. The molecule has 1 unspecified atom stereocenters. The van der Waals surface area contributed by atoms with E-state index in [1.165, 1.54) is 0 Å². The van der Waals surface area contributed by atoms with E-state index in [-0.39, 0.29) is 18.5 Å². The third-order valence-corrected chi connectivity index (χ3v) is 5.43. The molecule has 1 aromatic heterocycles. The standard InChI is InChI=1S/C20H36N8O3/c1-26(2)19(29)13-22-20(21-7-4-8-27-9-11-31-12-10-27)23-16-5-6-18-24-17(15-30-3)25-28(18)14-16/h16H,4-15H2,1-3H3,(H2,21,22,23). The molecule has 31 heavy (non-hydrogen) atoms. The van der Waals surface area contributed by atoms with Gasteiger partial charge < -0.3 is 25.0 Å². The minimum absolute atomic E-state index is 0.0270. The van der Waals surface area contributed by atoms with Crippen LogP contribution in [-0.4, -0.2) is 110 Å². The number of methoxy groups -OCH3 is 1. The number of hydrogen-bond acceptors (Lipinski definition) is 7. The van der Waals surface area contributed by atoms with Crippen LogP contribution in [-0.2, 0) is 33.8 Å². The number of fused-ring (bicyclic) bond motifs is 1. The lowest BCUT2D eigenvalue weighted by Crippen LogP contribution is -2.48. The van der Waals surface area contributed by atoms with Gasteiger partial charge in [-0.25, -0.2) is 14.7 Å². The third kappa shape index (κ3) is 7.44. The van der Waals surface area contributed by atoms with E-state index in [2.05, 4.69) is 30.6 Å². The molecule has 0 aliphatic carbocycles. The minimum Gasteiger partial charge on any atom is -0.379 e. The van der Waals surface area contributed by atoms with Crippen LogP contribution in [0.1, 0.15) is 24.5 Å². The number of likely N-dealkylation sites (N-methyl/N-ethyl adjacent to an activating group) is 1. The minimum atomic E-state index is -0.0270. The molecule has 0 spiro atoms. The summed E-state index contributed by atoms with van der Waals surface area (Å²) < 4.78 is 12.5. The van der Waals surface area contributed by atoms with Crippen LogP contribution >= 0.6 is 0 Å². The molecular weight excluding hydrogens is 400 g/mol. The maximum atomic E-state index is 12.0. The average Bonchev–Trinajstić information content (AvgIpc) is 3.17. The van der Waals surface area contributed by atoms with Gasteiger partial charge in [-0.2, -0.15) is 5.10 Å². The number of carbonyl (C=O) groups excluding carboxylic acids is 1. The molecule has 2 N–H and O–H groups in total. The van der Waals surface area contributed by atoms with Crippen LogP contribution in [0.25, 0.3) is 0 Å². The molecule has 11 heteroatoms. The Hall–Kier alpha value is -2.24. The molecule has 3 rings (SSSR count). The van der Waals surface area contributed by atoms with E-state index in [1.807, 2.05) is 4.68 Å². The Labute approximate surface area is 184 Å². The first-order valence-corrected chi connectivity index (χ1v) is 11.0. The van der Waals surface area contributed by atoms with Crippen LogP contribution in [0.4, 0.5) is 0 Å². The van der Waals surface area contributed by atoms with Crippen molar-refractivity contribution in [1.82, 2.24) is 35.2 Å². The summed E-state index contributed by atoms with van der Waals surface area (Å²) in [5, 5.41) is 11.4. The molecule has 3 heterocycles. The first-order valence-electron chi connectivity index (χ1n) is 11.0. The van der Waals surface area contributed by atoms with Gasteiger partial charge in [0.15, 0.2) is 11.8 Å². The van der Waals surface area contributed by atoms with Gasteiger partial charge in [0.25, 0.3) is 0 Å². The van der Waals surface area contributed by atoms with Gasteiger partial charge in [0.2, 0.25) is 5.91 Å². The summed E-state index contributed by atoms with van der Waals surface area (Å²) in [5.41, 5.74) is 0. The molecule has 1 fully saturated rings. The zero-order valence-corrected chi connectivity index (χ0v) is 19.0. The topological polar surface area (TPSA) is 109 Å². The van der Waals surface area contributed by atoms with E-state index in [1.54, 1.807) is 26.1 Å². The Balaban J connectivity index is 1.52. The number of morpholine rings is 1. The van der Waals surface area contributed by atoms with Gasteiger partial charge in [-0.3, -0.25) is 9.69 Å². The van der Waals surface area contributed by atoms with Crippen molar-refractivity contribution in [3.05, 3.63) is 11.6 Å². The zero-order chi connectivity index (χ0) is 22.1. The maximum Gasteiger partial charge on any atom is 0.243 e. The van der Waals surface area contributed by atoms with Gasteiger partial charge in [-0.15, -0.1) is 0 Å². The number of nitrogens with one attached hydrogen (secondary N) is 2. The fourth-order valence-electron chi connectivity index (χ4n) is 3.64. The summed E-state index contributed by atoms with van der Waals surface area (Å²) in [6, 6.07) is 0.171. The van der Waals surface area contributed by atoms with E-state index in [0.29, 0.717) is 24.9 Å². The number of aliphatic imine (C=N–C) groups is 1. The smallest absolute Gasteiger partial charge is 0.243 e. The number of ether oxygens (including phenoxy) is 2. The number of rotatable bonds is 9. The summed E-state index contributed by atoms with van der Waals surface area (Å²) >= 11 is 0. The predicted molar refractivity (Wildman–Crippen MR) is 117 cm³/mol. The van der Waals surface area contributed by atoms with Crippen molar-refractivity contribution >= 4 is 11.9 Å². The van der Waals surface area contributed by atoms with Crippen molar-refractivity contribution in [1.29, 1.82) is 0 Å². The number of hydrogen-bond donors (Lipinski definition) is 2. The van der Waals surface area contributed by atoms with Crippen LogP contribution in [0.5, 0.6) is 0 Å². The molecule has 1 atom stereocenters. The molecule has 1 saturated heterocycles. The summed E-state index contributed by atoms with van der Waals surface area (Å²) in [7, 11) is 5.13. The highest BCUT2D eigenvalue weighted by Gasteiger charge is 2.22. The molecule has 174 valence electrons. The number of guanidine groups is 1. The Bertz CT molecular complexity index is 730. The van der Waals surface area contributed by atoms with Crippen LogP contribution in [0.3, 0.4) is 0 Å². The molecule has 0 aromatic carbocycles. The summed E-state index contributed by atoms with van der Waals surface area (Å²) in [6.07, 6.45) is 2.77. The normalized spacial score (nSPS) is 19.7. The molecule has 1 aromatic rings. The van der Waals surface area contributed by atoms with Crippen LogP contribution in [0, 0.1) is 0 Å². The number of aryl methyl sites for hydroxylation is 1. The van der Waals surface area contributed by atoms with Crippen molar-refractivity contribution in [2.45, 2.75) is 38.5 Å². The fraction of sp³-hybridized carbons (Fsp3) is 0.800. The highest BCUT2D eigenvalue weighted by molar-refractivity contribution is 5.84. The fourth-order valence-corrected chi connectivity index (χ4v) is 3.64. The first-order chi connectivity index (χ1) is 15.0. The quantitative estimate of drug-likeness (QED) is 0.291. The Morgan fingerprint density at radius 1 is 1.35 bits per heavy atom. The molecular formula is C20H36N8O3. The van der Waals surface area contributed by atoms with Gasteiger partial charge in [0, 0.05) is 53.3 Å². The van der Waals surface area contributed by atoms with Gasteiger partial charge in [-0.05, 0) is 19.4 Å². The molecule has 0 saturated carbocycles. The van der Waals surface area contributed by atoms with Gasteiger partial charge in [0.05, 0.1) is 19.8 Å². The second-order valence-corrected chi connectivity index (χ2v) is 8.13. The predicted octanol–water partition coefficient (Wildman–Crippen LogP) is -0.915. The van der Waals surface area contributed by atoms with Crippen molar-refractivity contribution in [3.8, 4) is 0 Å². The maximum absolute atomic E-state index is 12.0. The van der Waals surface area contributed by atoms with Crippen LogP contribution < -0.4 is 10.6 Å². The largest absolute Gasteiger partial charge is 0.379 e. The molecule has 0 radical (unpaired) electrons. The number of carbonyl (C=O) groups is 1. The van der Waals surface area contributed by atoms with E-state index >= 15 is 0 Å². The van der Waals surface area contributed by atoms with Gasteiger partial charge >= 0.3 is 0 Å². The average molecular weight is 437 g/mol. The first kappa shape index (κ1) is 23.4. The van der Waals surface area contributed by atoms with Crippen LogP contribution in [0.2, 0.25) is 0 Å². The Kier molecular flexibility index (Phi) is 9.04. The lowest BCUT2D eigenvalue weighted by Gasteiger charge is -2.27. The van der Waals surface area contributed by atoms with Crippen molar-refractivity contribution in [2.24, 2.45) is 4.99 Å². The molecule has 0 bridgehead atoms. The summed E-state index contributed by atoms with van der Waals surface area (Å²) in [6.45, 7) is 6.66.